The van der Waals surface area contributed by atoms with Gasteiger partial charge in [0.25, 0.3) is 0 Å². The Labute approximate surface area is 198 Å². The van der Waals surface area contributed by atoms with E-state index in [1.807, 2.05) is 29.2 Å². The second-order valence-electron chi connectivity index (χ2n) is 8.46. The lowest BCUT2D eigenvalue weighted by molar-refractivity contribution is -0.127. The lowest BCUT2D eigenvalue weighted by Gasteiger charge is -2.47. The standard InChI is InChI=1S/C25H19ClFN3O2S/c1-2-21(32)29-8-7-19-20(29)12-30(19)25-17-11-18(26)22(23(27)24(17)28-33-25)16-10-14(31)9-13-5-3-4-6-15(13)16/h2-6,9-11,19-20,31H,1,7-8,12H2. The third-order valence-electron chi connectivity index (χ3n) is 6.78. The Morgan fingerprint density at radius 2 is 2.06 bits per heavy atom. The highest BCUT2D eigenvalue weighted by Crippen LogP contribution is 2.46. The van der Waals surface area contributed by atoms with Crippen LogP contribution in [0.25, 0.3) is 32.8 Å². The number of anilines is 1. The average molecular weight is 480 g/mol. The largest absolute Gasteiger partial charge is 0.508 e. The number of aromatic hydroxyl groups is 1. The number of aromatic nitrogens is 1. The lowest BCUT2D eigenvalue weighted by atomic mass is 9.95. The second-order valence-corrected chi connectivity index (χ2v) is 9.62. The first-order valence-corrected chi connectivity index (χ1v) is 11.8. The number of benzene rings is 3. The molecule has 166 valence electrons. The monoisotopic (exact) mass is 479 g/mol. The van der Waals surface area contributed by atoms with E-state index >= 15 is 4.39 Å². The van der Waals surface area contributed by atoms with E-state index in [9.17, 15) is 9.90 Å². The van der Waals surface area contributed by atoms with Gasteiger partial charge in [-0.25, -0.2) is 4.39 Å². The molecule has 2 atom stereocenters. The van der Waals surface area contributed by atoms with Gasteiger partial charge in [-0.2, -0.15) is 4.37 Å². The molecule has 1 aromatic heterocycles. The van der Waals surface area contributed by atoms with Crippen LogP contribution in [0, 0.1) is 5.82 Å². The van der Waals surface area contributed by atoms with Crippen LogP contribution in [-0.4, -0.2) is 45.5 Å². The minimum Gasteiger partial charge on any atom is -0.508 e. The molecular weight excluding hydrogens is 461 g/mol. The summed E-state index contributed by atoms with van der Waals surface area (Å²) in [6.07, 6.45) is 2.21. The minimum atomic E-state index is -0.497. The summed E-state index contributed by atoms with van der Waals surface area (Å²) in [5, 5.41) is 13.6. The summed E-state index contributed by atoms with van der Waals surface area (Å²) in [4.78, 5) is 16.1. The highest BCUT2D eigenvalue weighted by Gasteiger charge is 2.49. The number of likely N-dealkylation sites (tertiary alicyclic amines) is 1. The number of phenols is 1. The Bertz CT molecular complexity index is 1470. The summed E-state index contributed by atoms with van der Waals surface area (Å²) in [5.74, 6) is -0.499. The Kier molecular flexibility index (Phi) is 4.61. The number of phenolic OH excluding ortho intramolecular Hbond substituents is 1. The number of hydrogen-bond donors (Lipinski definition) is 1. The van der Waals surface area contributed by atoms with Crippen LogP contribution >= 0.6 is 23.1 Å². The zero-order valence-electron chi connectivity index (χ0n) is 17.5. The molecule has 0 saturated carbocycles. The first-order chi connectivity index (χ1) is 16.0. The van der Waals surface area contributed by atoms with Crippen molar-refractivity contribution in [2.45, 2.75) is 18.5 Å². The number of nitrogens with zero attached hydrogens (tertiary/aromatic N) is 3. The molecule has 33 heavy (non-hydrogen) atoms. The lowest BCUT2D eigenvalue weighted by Crippen LogP contribution is -2.62. The first kappa shape index (κ1) is 20.4. The van der Waals surface area contributed by atoms with Gasteiger partial charge in [0, 0.05) is 24.0 Å². The van der Waals surface area contributed by atoms with E-state index < -0.39 is 5.82 Å². The van der Waals surface area contributed by atoms with Crippen molar-refractivity contribution in [2.24, 2.45) is 0 Å². The van der Waals surface area contributed by atoms with E-state index in [0.717, 1.165) is 22.2 Å². The van der Waals surface area contributed by atoms with E-state index in [1.165, 1.54) is 23.7 Å². The van der Waals surface area contributed by atoms with Crippen LogP contribution in [0.1, 0.15) is 6.42 Å². The molecule has 2 aliphatic rings. The van der Waals surface area contributed by atoms with Crippen LogP contribution in [0.4, 0.5) is 9.39 Å². The Hall–Kier alpha value is -3.16. The maximum absolute atomic E-state index is 15.9. The van der Waals surface area contributed by atoms with Crippen molar-refractivity contribution < 1.29 is 14.3 Å². The van der Waals surface area contributed by atoms with Crippen LogP contribution in [0.5, 0.6) is 5.75 Å². The molecule has 3 aromatic carbocycles. The third kappa shape index (κ3) is 2.96. The second kappa shape index (κ2) is 7.43. The van der Waals surface area contributed by atoms with Crippen molar-refractivity contribution in [3.05, 3.63) is 66.0 Å². The minimum absolute atomic E-state index is 0.0460. The molecule has 3 heterocycles. The van der Waals surface area contributed by atoms with Crippen molar-refractivity contribution in [1.82, 2.24) is 9.27 Å². The smallest absolute Gasteiger partial charge is 0.246 e. The molecular formula is C25H19ClFN3O2S. The number of rotatable bonds is 3. The van der Waals surface area contributed by atoms with Crippen molar-refractivity contribution in [2.75, 3.05) is 18.0 Å². The van der Waals surface area contributed by atoms with Crippen molar-refractivity contribution >= 4 is 55.7 Å². The third-order valence-corrected chi connectivity index (χ3v) is 7.97. The molecule has 6 rings (SSSR count). The van der Waals surface area contributed by atoms with Gasteiger partial charge in [-0.15, -0.1) is 0 Å². The van der Waals surface area contributed by atoms with Crippen molar-refractivity contribution in [3.63, 3.8) is 0 Å². The summed E-state index contributed by atoms with van der Waals surface area (Å²) in [7, 11) is 0. The van der Waals surface area contributed by atoms with Gasteiger partial charge in [-0.3, -0.25) is 4.79 Å². The molecule has 2 saturated heterocycles. The molecule has 0 aliphatic carbocycles. The van der Waals surface area contributed by atoms with Crippen LogP contribution in [-0.2, 0) is 4.79 Å². The molecule has 2 aliphatic heterocycles. The average Bonchev–Trinajstić information content (AvgIpc) is 3.34. The maximum atomic E-state index is 15.9. The zero-order valence-corrected chi connectivity index (χ0v) is 19.0. The normalized spacial score (nSPS) is 19.7. The summed E-state index contributed by atoms with van der Waals surface area (Å²) in [5.41, 5.74) is 1.03. The fourth-order valence-corrected chi connectivity index (χ4v) is 6.42. The number of halogens is 2. The van der Waals surface area contributed by atoms with E-state index in [-0.39, 0.29) is 39.8 Å². The van der Waals surface area contributed by atoms with E-state index in [2.05, 4.69) is 15.9 Å². The van der Waals surface area contributed by atoms with Gasteiger partial charge >= 0.3 is 0 Å². The summed E-state index contributed by atoms with van der Waals surface area (Å²) in [6, 6.07) is 12.8. The topological polar surface area (TPSA) is 56.7 Å². The number of carbonyl (C=O) groups is 1. The van der Waals surface area contributed by atoms with Crippen LogP contribution < -0.4 is 4.90 Å². The SMILES string of the molecule is C=CC(=O)N1CCC2C1CN2c1snc2c(F)c(-c3cc(O)cc4ccccc34)c(Cl)cc12. The Balaban J connectivity index is 1.44. The number of carbonyl (C=O) groups excluding carboxylic acids is 1. The molecule has 0 spiro atoms. The molecule has 1 N–H and O–H groups in total. The molecule has 0 bridgehead atoms. The maximum Gasteiger partial charge on any atom is 0.246 e. The fraction of sp³-hybridized carbons (Fsp3) is 0.200. The van der Waals surface area contributed by atoms with Crippen LogP contribution in [0.3, 0.4) is 0 Å². The molecule has 8 heteroatoms. The van der Waals surface area contributed by atoms with E-state index in [1.54, 1.807) is 12.1 Å². The molecule has 2 fully saturated rings. The highest BCUT2D eigenvalue weighted by atomic mass is 35.5. The first-order valence-electron chi connectivity index (χ1n) is 10.7. The zero-order chi connectivity index (χ0) is 22.9. The molecule has 0 radical (unpaired) electrons. The summed E-state index contributed by atoms with van der Waals surface area (Å²) in [6.45, 7) is 4.96. The molecule has 5 nitrogen and oxygen atoms in total. The van der Waals surface area contributed by atoms with E-state index in [0.29, 0.717) is 24.0 Å². The van der Waals surface area contributed by atoms with Crippen molar-refractivity contribution in [3.8, 4) is 16.9 Å². The Morgan fingerprint density at radius 1 is 1.24 bits per heavy atom. The van der Waals surface area contributed by atoms with Gasteiger partial charge in [-0.05, 0) is 58.6 Å². The molecule has 4 aromatic rings. The quantitative estimate of drug-likeness (QED) is 0.389. The predicted octanol–water partition coefficient (Wildman–Crippen LogP) is 5.59. The molecule has 1 amide bonds. The van der Waals surface area contributed by atoms with Gasteiger partial charge in [0.1, 0.15) is 16.3 Å². The number of fused-ring (bicyclic) bond motifs is 3. The summed E-state index contributed by atoms with van der Waals surface area (Å²) < 4.78 is 20.3. The van der Waals surface area contributed by atoms with Gasteiger partial charge < -0.3 is 14.9 Å². The van der Waals surface area contributed by atoms with E-state index in [4.69, 9.17) is 11.6 Å². The number of hydrogen-bond acceptors (Lipinski definition) is 5. The summed E-state index contributed by atoms with van der Waals surface area (Å²) >= 11 is 7.91. The van der Waals surface area contributed by atoms with Crippen molar-refractivity contribution in [1.29, 1.82) is 0 Å². The number of amides is 1. The van der Waals surface area contributed by atoms with Crippen LogP contribution in [0.2, 0.25) is 5.02 Å². The predicted molar refractivity (Wildman–Crippen MR) is 131 cm³/mol. The highest BCUT2D eigenvalue weighted by molar-refractivity contribution is 7.12. The van der Waals surface area contributed by atoms with Crippen LogP contribution in [0.15, 0.2) is 55.1 Å². The van der Waals surface area contributed by atoms with Gasteiger partial charge in [0.15, 0.2) is 5.82 Å². The van der Waals surface area contributed by atoms with Gasteiger partial charge in [0.2, 0.25) is 5.91 Å². The Morgan fingerprint density at radius 3 is 2.88 bits per heavy atom. The van der Waals surface area contributed by atoms with Gasteiger partial charge in [0.05, 0.1) is 17.1 Å². The fourth-order valence-electron chi connectivity index (χ4n) is 5.20. The molecule has 2 unspecified atom stereocenters. The van der Waals surface area contributed by atoms with Gasteiger partial charge in [-0.1, -0.05) is 42.4 Å².